The van der Waals surface area contributed by atoms with Gasteiger partial charge in [-0.3, -0.25) is 0 Å². The van der Waals surface area contributed by atoms with Crippen LogP contribution in [0.2, 0.25) is 0 Å². The fourth-order valence-corrected chi connectivity index (χ4v) is 2.93. The summed E-state index contributed by atoms with van der Waals surface area (Å²) in [6.07, 6.45) is 9.98. The van der Waals surface area contributed by atoms with Gasteiger partial charge in [0.2, 0.25) is 0 Å². The molecule has 0 saturated carbocycles. The molecule has 110 valence electrons. The van der Waals surface area contributed by atoms with Crippen molar-refractivity contribution in [3.8, 4) is 0 Å². The summed E-state index contributed by atoms with van der Waals surface area (Å²) in [6.45, 7) is 6.41. The van der Waals surface area contributed by atoms with Gasteiger partial charge >= 0.3 is 0 Å². The number of rotatable bonds is 5. The van der Waals surface area contributed by atoms with E-state index in [1.165, 1.54) is 34.2 Å². The molecule has 2 aromatic rings. The van der Waals surface area contributed by atoms with Crippen LogP contribution in [0.1, 0.15) is 35.6 Å². The summed E-state index contributed by atoms with van der Waals surface area (Å²) < 4.78 is 0. The summed E-state index contributed by atoms with van der Waals surface area (Å²) >= 11 is 0. The van der Waals surface area contributed by atoms with Gasteiger partial charge in [0, 0.05) is 0 Å². The van der Waals surface area contributed by atoms with Crippen LogP contribution in [-0.2, 0) is 12.8 Å². The van der Waals surface area contributed by atoms with Crippen molar-refractivity contribution >= 4 is 11.1 Å². The Morgan fingerprint density at radius 1 is 1.09 bits per heavy atom. The van der Waals surface area contributed by atoms with Gasteiger partial charge in [-0.1, -0.05) is 86.7 Å². The smallest absolute Gasteiger partial charge is 0.00821 e. The lowest BCUT2D eigenvalue weighted by Crippen LogP contribution is -1.85. The van der Waals surface area contributed by atoms with Crippen molar-refractivity contribution in [2.45, 2.75) is 26.2 Å². The average Bonchev–Trinajstić information content (AvgIpc) is 2.97. The standard InChI is InChI=1S/C22H22/c1-3-6-18-10-13-19(14-11-18)17(2)9-12-21-16-15-20-7-4-5-8-22(20)21/h4-5,7-14,16H,2-3,6,15H2,1H3/b12-9+. The van der Waals surface area contributed by atoms with Crippen LogP contribution >= 0.6 is 0 Å². The molecule has 0 saturated heterocycles. The molecule has 0 N–H and O–H groups in total. The molecule has 1 aliphatic carbocycles. The maximum absolute atomic E-state index is 4.20. The minimum Gasteiger partial charge on any atom is -0.0912 e. The van der Waals surface area contributed by atoms with E-state index in [0.29, 0.717) is 0 Å². The molecule has 3 rings (SSSR count). The fraction of sp³-hybridized carbons (Fsp3) is 0.182. The Kier molecular flexibility index (Phi) is 4.39. The second kappa shape index (κ2) is 6.62. The summed E-state index contributed by atoms with van der Waals surface area (Å²) in [5, 5.41) is 0. The summed E-state index contributed by atoms with van der Waals surface area (Å²) in [7, 11) is 0. The molecule has 0 radical (unpaired) electrons. The Morgan fingerprint density at radius 3 is 2.64 bits per heavy atom. The third-order valence-electron chi connectivity index (χ3n) is 4.20. The molecular formula is C22H22. The van der Waals surface area contributed by atoms with Crippen molar-refractivity contribution in [3.05, 3.63) is 95.6 Å². The van der Waals surface area contributed by atoms with Crippen molar-refractivity contribution in [1.82, 2.24) is 0 Å². The third kappa shape index (κ3) is 3.12. The van der Waals surface area contributed by atoms with Gasteiger partial charge < -0.3 is 0 Å². The van der Waals surface area contributed by atoms with Crippen LogP contribution in [-0.4, -0.2) is 0 Å². The van der Waals surface area contributed by atoms with Crippen molar-refractivity contribution in [2.75, 3.05) is 0 Å². The topological polar surface area (TPSA) is 0 Å². The summed E-state index contributed by atoms with van der Waals surface area (Å²) in [5.74, 6) is 0. The van der Waals surface area contributed by atoms with Crippen LogP contribution in [0.5, 0.6) is 0 Å². The van der Waals surface area contributed by atoms with E-state index in [4.69, 9.17) is 0 Å². The lowest BCUT2D eigenvalue weighted by Gasteiger charge is -2.04. The summed E-state index contributed by atoms with van der Waals surface area (Å²) in [4.78, 5) is 0. The van der Waals surface area contributed by atoms with Gasteiger partial charge in [0.05, 0.1) is 0 Å². The largest absolute Gasteiger partial charge is 0.0912 e. The monoisotopic (exact) mass is 286 g/mol. The van der Waals surface area contributed by atoms with Crippen molar-refractivity contribution < 1.29 is 0 Å². The SMILES string of the molecule is C=C(/C=C/C1=CCc2ccccc21)c1ccc(CCC)cc1. The predicted octanol–water partition coefficient (Wildman–Crippen LogP) is 5.85. The van der Waals surface area contributed by atoms with Crippen molar-refractivity contribution in [3.63, 3.8) is 0 Å². The first-order chi connectivity index (χ1) is 10.8. The molecule has 0 amide bonds. The van der Waals surface area contributed by atoms with E-state index in [9.17, 15) is 0 Å². The number of benzene rings is 2. The molecule has 0 heteroatoms. The number of hydrogen-bond acceptors (Lipinski definition) is 0. The normalized spacial score (nSPS) is 13.2. The first-order valence-corrected chi connectivity index (χ1v) is 8.02. The predicted molar refractivity (Wildman–Crippen MR) is 96.7 cm³/mol. The lowest BCUT2D eigenvalue weighted by molar-refractivity contribution is 0.922. The summed E-state index contributed by atoms with van der Waals surface area (Å²) in [6, 6.07) is 17.4. The fourth-order valence-electron chi connectivity index (χ4n) is 2.93. The zero-order valence-corrected chi connectivity index (χ0v) is 13.2. The van der Waals surface area contributed by atoms with Gasteiger partial charge in [0.15, 0.2) is 0 Å². The van der Waals surface area contributed by atoms with Gasteiger partial charge in [-0.15, -0.1) is 0 Å². The number of aryl methyl sites for hydroxylation is 1. The van der Waals surface area contributed by atoms with Crippen molar-refractivity contribution in [2.24, 2.45) is 0 Å². The van der Waals surface area contributed by atoms with Gasteiger partial charge in [-0.25, -0.2) is 0 Å². The lowest BCUT2D eigenvalue weighted by atomic mass is 10.0. The van der Waals surface area contributed by atoms with Crippen molar-refractivity contribution in [1.29, 1.82) is 0 Å². The van der Waals surface area contributed by atoms with E-state index >= 15 is 0 Å². The molecule has 0 unspecified atom stereocenters. The Morgan fingerprint density at radius 2 is 1.86 bits per heavy atom. The zero-order valence-electron chi connectivity index (χ0n) is 13.2. The quantitative estimate of drug-likeness (QED) is 0.605. The zero-order chi connectivity index (χ0) is 15.4. The molecule has 0 heterocycles. The van der Waals surface area contributed by atoms with Gasteiger partial charge in [0.1, 0.15) is 0 Å². The van der Waals surface area contributed by atoms with Gasteiger partial charge in [-0.2, -0.15) is 0 Å². The summed E-state index contributed by atoms with van der Waals surface area (Å²) in [5.41, 5.74) is 7.73. The van der Waals surface area contributed by atoms with Crippen LogP contribution in [0.15, 0.2) is 73.3 Å². The molecule has 0 nitrogen and oxygen atoms in total. The minimum absolute atomic E-state index is 1.04. The van der Waals surface area contributed by atoms with Crippen LogP contribution in [0.4, 0.5) is 0 Å². The van der Waals surface area contributed by atoms with E-state index in [1.807, 2.05) is 0 Å². The van der Waals surface area contributed by atoms with Gasteiger partial charge in [0.25, 0.3) is 0 Å². The Bertz CT molecular complexity index is 727. The Hall–Kier alpha value is -2.34. The maximum Gasteiger partial charge on any atom is -0.00821 e. The van der Waals surface area contributed by atoms with Crippen LogP contribution in [0.3, 0.4) is 0 Å². The average molecular weight is 286 g/mol. The second-order valence-electron chi connectivity index (χ2n) is 5.83. The number of allylic oxidation sites excluding steroid dienone is 5. The first kappa shape index (κ1) is 14.6. The van der Waals surface area contributed by atoms with Crippen LogP contribution < -0.4 is 0 Å². The number of fused-ring (bicyclic) bond motifs is 1. The van der Waals surface area contributed by atoms with Crippen LogP contribution in [0.25, 0.3) is 11.1 Å². The molecule has 0 atom stereocenters. The first-order valence-electron chi connectivity index (χ1n) is 8.02. The van der Waals surface area contributed by atoms with E-state index < -0.39 is 0 Å². The Balaban J connectivity index is 1.72. The second-order valence-corrected chi connectivity index (χ2v) is 5.83. The Labute approximate surface area is 133 Å². The van der Waals surface area contributed by atoms with E-state index in [2.05, 4.69) is 80.3 Å². The highest BCUT2D eigenvalue weighted by molar-refractivity contribution is 5.83. The van der Waals surface area contributed by atoms with E-state index in [1.54, 1.807) is 0 Å². The van der Waals surface area contributed by atoms with E-state index in [0.717, 1.165) is 18.4 Å². The molecule has 0 fully saturated rings. The molecule has 1 aliphatic rings. The highest BCUT2D eigenvalue weighted by Crippen LogP contribution is 2.28. The highest BCUT2D eigenvalue weighted by atomic mass is 14.1. The molecule has 0 aromatic heterocycles. The third-order valence-corrected chi connectivity index (χ3v) is 4.20. The van der Waals surface area contributed by atoms with Crippen LogP contribution in [0, 0.1) is 0 Å². The van der Waals surface area contributed by atoms with E-state index in [-0.39, 0.29) is 0 Å². The molecule has 22 heavy (non-hydrogen) atoms. The van der Waals surface area contributed by atoms with Gasteiger partial charge in [-0.05, 0) is 46.2 Å². The molecule has 0 aliphatic heterocycles. The molecule has 0 bridgehead atoms. The highest BCUT2D eigenvalue weighted by Gasteiger charge is 2.10. The molecular weight excluding hydrogens is 264 g/mol. The number of hydrogen-bond donors (Lipinski definition) is 0. The molecule has 0 spiro atoms. The molecule has 2 aromatic carbocycles. The minimum atomic E-state index is 1.04. The maximum atomic E-state index is 4.20.